The molecule has 7 heteroatoms. The van der Waals surface area contributed by atoms with Gasteiger partial charge in [0.25, 0.3) is 0 Å². The molecule has 0 atom stereocenters. The molecule has 0 saturated carbocycles. The Kier molecular flexibility index (Phi) is 6.22. The molecule has 0 fully saturated rings. The number of phenols is 1. The van der Waals surface area contributed by atoms with Crippen LogP contribution in [0.1, 0.15) is 12.5 Å². The smallest absolute Gasteiger partial charge is 0.344 e. The van der Waals surface area contributed by atoms with E-state index in [1.165, 1.54) is 11.8 Å². The Bertz CT molecular complexity index is 967. The first-order valence-corrected chi connectivity index (χ1v) is 10.0. The maximum absolute atomic E-state index is 12.4. The Morgan fingerprint density at radius 1 is 1.22 bits per heavy atom. The molecule has 138 valence electrons. The average Bonchev–Trinajstić information content (AvgIpc) is 2.94. The van der Waals surface area contributed by atoms with Crippen LogP contribution in [0.5, 0.6) is 5.75 Å². The summed E-state index contributed by atoms with van der Waals surface area (Å²) in [6.45, 7) is 1.91. The van der Waals surface area contributed by atoms with Crippen molar-refractivity contribution >= 4 is 57.1 Å². The molecule has 0 unspecified atom stereocenters. The molecule has 0 aliphatic carbocycles. The molecule has 2 N–H and O–H groups in total. The second-order valence-corrected chi connectivity index (χ2v) is 7.71. The number of aliphatic imine (C=N–C) groups is 1. The first-order chi connectivity index (χ1) is 13.0. The van der Waals surface area contributed by atoms with Crippen LogP contribution in [0.25, 0.3) is 6.08 Å². The third kappa shape index (κ3) is 4.54. The Morgan fingerprint density at radius 3 is 2.63 bits per heavy atom. The highest BCUT2D eigenvalue weighted by atomic mass is 127. The molecule has 0 spiro atoms. The number of carbonyl (C=O) groups excluding carboxylic acids is 1. The molecule has 1 heterocycles. The van der Waals surface area contributed by atoms with Crippen LogP contribution in [0.2, 0.25) is 0 Å². The van der Waals surface area contributed by atoms with Gasteiger partial charge in [0.1, 0.15) is 22.1 Å². The lowest BCUT2D eigenvalue weighted by atomic mass is 10.1. The molecule has 0 saturated heterocycles. The van der Waals surface area contributed by atoms with Gasteiger partial charge in [0.2, 0.25) is 0 Å². The van der Waals surface area contributed by atoms with Gasteiger partial charge in [-0.15, -0.1) is 0 Å². The Morgan fingerprint density at radius 2 is 1.96 bits per heavy atom. The maximum atomic E-state index is 12.4. The number of nitrogens with zero attached hydrogens (tertiary/aromatic N) is 1. The van der Waals surface area contributed by atoms with Crippen molar-refractivity contribution in [3.05, 3.63) is 73.9 Å². The molecular weight excluding hydrogens is 477 g/mol. The second-order valence-electron chi connectivity index (χ2n) is 5.52. The fraction of sp³-hybridized carbons (Fsp3) is 0.100. The van der Waals surface area contributed by atoms with E-state index in [-0.39, 0.29) is 23.7 Å². The van der Waals surface area contributed by atoms with Gasteiger partial charge in [0, 0.05) is 0 Å². The quantitative estimate of drug-likeness (QED) is 0.453. The minimum absolute atomic E-state index is 0.0606. The zero-order valence-corrected chi connectivity index (χ0v) is 17.3. The van der Waals surface area contributed by atoms with Gasteiger partial charge in [0.05, 0.1) is 20.8 Å². The minimum atomic E-state index is -0.610. The van der Waals surface area contributed by atoms with E-state index in [1.54, 1.807) is 31.2 Å². The van der Waals surface area contributed by atoms with E-state index in [0.717, 1.165) is 5.56 Å². The van der Waals surface area contributed by atoms with E-state index in [0.29, 0.717) is 19.2 Å². The van der Waals surface area contributed by atoms with E-state index >= 15 is 0 Å². The van der Waals surface area contributed by atoms with Crippen LogP contribution >= 0.6 is 34.4 Å². The molecule has 1 aliphatic heterocycles. The second kappa shape index (κ2) is 8.62. The van der Waals surface area contributed by atoms with Gasteiger partial charge < -0.3 is 14.9 Å². The van der Waals surface area contributed by atoms with Crippen LogP contribution in [0.4, 0.5) is 5.69 Å². The Hall–Kier alpha value is -2.26. The molecular formula is C20H16INO4S. The summed E-state index contributed by atoms with van der Waals surface area (Å²) in [4.78, 5) is 17.3. The van der Waals surface area contributed by atoms with Crippen molar-refractivity contribution in [3.63, 3.8) is 0 Å². The number of aliphatic hydroxyl groups is 1. The molecule has 1 aliphatic rings. The van der Waals surface area contributed by atoms with E-state index < -0.39 is 5.97 Å². The molecule has 27 heavy (non-hydrogen) atoms. The number of hydrogen-bond donors (Lipinski definition) is 2. The fourth-order valence-electron chi connectivity index (χ4n) is 2.38. The normalized spacial score (nSPS) is 17.0. The number of thioether (sulfide) groups is 1. The third-order valence-electron chi connectivity index (χ3n) is 3.63. The summed E-state index contributed by atoms with van der Waals surface area (Å²) in [5.41, 5.74) is 1.52. The van der Waals surface area contributed by atoms with Gasteiger partial charge in [-0.1, -0.05) is 36.0 Å². The van der Waals surface area contributed by atoms with Crippen molar-refractivity contribution in [3.8, 4) is 5.75 Å². The summed E-state index contributed by atoms with van der Waals surface area (Å²) < 4.78 is 5.78. The molecule has 0 aromatic heterocycles. The van der Waals surface area contributed by atoms with Crippen molar-refractivity contribution in [2.45, 2.75) is 6.92 Å². The van der Waals surface area contributed by atoms with Crippen LogP contribution in [0.3, 0.4) is 0 Å². The maximum Gasteiger partial charge on any atom is 0.344 e. The molecule has 2 aromatic rings. The highest BCUT2D eigenvalue weighted by Gasteiger charge is 2.33. The lowest BCUT2D eigenvalue weighted by Crippen LogP contribution is -2.12. The number of ether oxygens (including phenoxy) is 1. The highest BCUT2D eigenvalue weighted by molar-refractivity contribution is 14.1. The third-order valence-corrected chi connectivity index (χ3v) is 5.51. The number of aromatic hydroxyl groups is 1. The first-order valence-electron chi connectivity index (χ1n) is 8.12. The largest absolute Gasteiger partial charge is 0.507 e. The minimum Gasteiger partial charge on any atom is -0.507 e. The standard InChI is InChI=1S/C20H16INO4S/c1-2-26-20(25)17-18(24)16(11-12-8-9-15(23)14(21)10-12)27-19(17)22-13-6-4-3-5-7-13/h3-11,23-24H,2H2,1H3. The number of halogens is 1. The summed E-state index contributed by atoms with van der Waals surface area (Å²) in [6, 6.07) is 14.3. The predicted octanol–water partition coefficient (Wildman–Crippen LogP) is 5.19. The number of benzene rings is 2. The molecule has 2 aromatic carbocycles. The summed E-state index contributed by atoms with van der Waals surface area (Å²) in [5, 5.41) is 20.7. The highest BCUT2D eigenvalue weighted by Crippen LogP contribution is 2.40. The van der Waals surface area contributed by atoms with Crippen molar-refractivity contribution < 1.29 is 19.7 Å². The molecule has 0 radical (unpaired) electrons. The van der Waals surface area contributed by atoms with Gasteiger partial charge in [-0.2, -0.15) is 0 Å². The summed E-state index contributed by atoms with van der Waals surface area (Å²) in [5.74, 6) is -0.577. The Labute approximate surface area is 174 Å². The fourth-order valence-corrected chi connectivity index (χ4v) is 3.95. The number of aliphatic hydroxyl groups excluding tert-OH is 1. The SMILES string of the molecule is CCOC(=O)C1=C(O)C(=Cc2ccc(O)c(I)c2)SC1=Nc1ccccc1. The van der Waals surface area contributed by atoms with Gasteiger partial charge in [-0.05, 0) is 65.4 Å². The molecule has 5 nitrogen and oxygen atoms in total. The van der Waals surface area contributed by atoms with Crippen LogP contribution in [0, 0.1) is 3.57 Å². The lowest BCUT2D eigenvalue weighted by molar-refractivity contribution is -0.138. The summed E-state index contributed by atoms with van der Waals surface area (Å²) in [7, 11) is 0. The average molecular weight is 493 g/mol. The van der Waals surface area contributed by atoms with E-state index in [2.05, 4.69) is 4.99 Å². The van der Waals surface area contributed by atoms with Gasteiger partial charge in [-0.25, -0.2) is 9.79 Å². The van der Waals surface area contributed by atoms with Crippen LogP contribution in [0.15, 0.2) is 69.8 Å². The zero-order valence-electron chi connectivity index (χ0n) is 14.3. The van der Waals surface area contributed by atoms with Gasteiger partial charge in [-0.3, -0.25) is 0 Å². The summed E-state index contributed by atoms with van der Waals surface area (Å²) in [6.07, 6.45) is 1.74. The lowest BCUT2D eigenvalue weighted by Gasteiger charge is -2.03. The molecule has 0 bridgehead atoms. The number of phenolic OH excluding ortho intramolecular Hbond substituents is 1. The van der Waals surface area contributed by atoms with Crippen LogP contribution in [-0.4, -0.2) is 27.8 Å². The van der Waals surface area contributed by atoms with E-state index in [1.807, 2.05) is 52.9 Å². The number of rotatable bonds is 4. The zero-order chi connectivity index (χ0) is 19.4. The monoisotopic (exact) mass is 493 g/mol. The number of esters is 1. The van der Waals surface area contributed by atoms with Crippen molar-refractivity contribution in [2.24, 2.45) is 4.99 Å². The predicted molar refractivity (Wildman–Crippen MR) is 116 cm³/mol. The van der Waals surface area contributed by atoms with Crippen molar-refractivity contribution in [1.29, 1.82) is 0 Å². The number of para-hydroxylation sites is 1. The molecule has 3 rings (SSSR count). The van der Waals surface area contributed by atoms with Crippen molar-refractivity contribution in [2.75, 3.05) is 6.61 Å². The van der Waals surface area contributed by atoms with Gasteiger partial charge >= 0.3 is 5.97 Å². The van der Waals surface area contributed by atoms with Crippen molar-refractivity contribution in [1.82, 2.24) is 0 Å². The van der Waals surface area contributed by atoms with E-state index in [9.17, 15) is 15.0 Å². The van der Waals surface area contributed by atoms with Gasteiger partial charge in [0.15, 0.2) is 0 Å². The molecule has 0 amide bonds. The van der Waals surface area contributed by atoms with Crippen LogP contribution < -0.4 is 0 Å². The first kappa shape index (κ1) is 19.5. The summed E-state index contributed by atoms with van der Waals surface area (Å²) >= 11 is 3.23. The van der Waals surface area contributed by atoms with Crippen LogP contribution in [-0.2, 0) is 9.53 Å². The Balaban J connectivity index is 2.04. The number of hydrogen-bond acceptors (Lipinski definition) is 6. The van der Waals surface area contributed by atoms with E-state index in [4.69, 9.17) is 4.74 Å². The topological polar surface area (TPSA) is 79.1 Å². The number of carbonyl (C=O) groups is 1.